The standard InChI is InChI=1S/C19H23FN8O4S/c1-24(19(33)31-2)17-11-28(18(30)32-17)13-3-4-15(14(20)9-13)25-5-7-26(8-6-25)16(29)10-27-12-21-22-23-27/h3-4,9,12,17H,5-8,10-11H2,1-2H3/t17-/m0/s1. The average molecular weight is 479 g/mol. The van der Waals surface area contributed by atoms with E-state index in [1.165, 1.54) is 34.0 Å². The lowest BCUT2D eigenvalue weighted by Gasteiger charge is -2.36. The van der Waals surface area contributed by atoms with Gasteiger partial charge in [0.2, 0.25) is 5.91 Å². The Labute approximate surface area is 194 Å². The van der Waals surface area contributed by atoms with Crippen LogP contribution in [0.3, 0.4) is 0 Å². The molecule has 2 aliphatic rings. The van der Waals surface area contributed by atoms with Gasteiger partial charge in [-0.15, -0.1) is 5.10 Å². The second-order valence-electron chi connectivity index (χ2n) is 7.54. The minimum absolute atomic E-state index is 0.0628. The Morgan fingerprint density at radius 2 is 2.09 bits per heavy atom. The number of aromatic nitrogens is 4. The number of halogens is 1. The Morgan fingerprint density at radius 3 is 2.73 bits per heavy atom. The van der Waals surface area contributed by atoms with Crippen LogP contribution in [-0.4, -0.2) is 100 Å². The number of cyclic esters (lactones) is 1. The monoisotopic (exact) mass is 478 g/mol. The molecular formula is C19H23FN8O4S. The molecule has 2 fully saturated rings. The van der Waals surface area contributed by atoms with Crippen LogP contribution in [-0.2, 0) is 20.8 Å². The molecule has 1 aromatic heterocycles. The van der Waals surface area contributed by atoms with Crippen LogP contribution in [0.25, 0.3) is 0 Å². The summed E-state index contributed by atoms with van der Waals surface area (Å²) in [5.41, 5.74) is 0.795. The number of amides is 2. The maximum Gasteiger partial charge on any atom is 0.416 e. The van der Waals surface area contributed by atoms with Gasteiger partial charge in [0, 0.05) is 33.2 Å². The number of rotatable bonds is 5. The highest BCUT2D eigenvalue weighted by molar-refractivity contribution is 7.80. The van der Waals surface area contributed by atoms with Crippen molar-refractivity contribution in [3.8, 4) is 0 Å². The highest BCUT2D eigenvalue weighted by atomic mass is 32.1. The minimum atomic E-state index is -0.633. The fourth-order valence-electron chi connectivity index (χ4n) is 3.73. The molecular weight excluding hydrogens is 455 g/mol. The second kappa shape index (κ2) is 9.52. The van der Waals surface area contributed by atoms with Gasteiger partial charge in [-0.2, -0.15) is 0 Å². The number of benzene rings is 1. The zero-order chi connectivity index (χ0) is 23.5. The first kappa shape index (κ1) is 22.6. The molecule has 0 radical (unpaired) electrons. The normalized spacial score (nSPS) is 18.3. The molecule has 0 saturated carbocycles. The predicted octanol–water partition coefficient (Wildman–Crippen LogP) is 0.307. The zero-order valence-electron chi connectivity index (χ0n) is 18.1. The second-order valence-corrected chi connectivity index (χ2v) is 7.89. The number of thiocarbonyl (C=S) groups is 1. The number of likely N-dealkylation sites (N-methyl/N-ethyl adjacent to an activating group) is 1. The number of carbonyl (C=O) groups is 2. The van der Waals surface area contributed by atoms with Gasteiger partial charge < -0.3 is 19.3 Å². The maximum atomic E-state index is 15.0. The summed E-state index contributed by atoms with van der Waals surface area (Å²) in [6.45, 7) is 2.10. The van der Waals surface area contributed by atoms with Crippen LogP contribution < -0.4 is 9.80 Å². The number of carbonyl (C=O) groups excluding carboxylic acids is 2. The molecule has 12 nitrogen and oxygen atoms in total. The van der Waals surface area contributed by atoms with Crippen molar-refractivity contribution in [3.05, 3.63) is 30.3 Å². The molecule has 0 aliphatic carbocycles. The van der Waals surface area contributed by atoms with E-state index in [4.69, 9.17) is 21.7 Å². The Bertz CT molecular complexity index is 1030. The number of tetrazole rings is 1. The van der Waals surface area contributed by atoms with Crippen LogP contribution in [0.5, 0.6) is 0 Å². The summed E-state index contributed by atoms with van der Waals surface area (Å²) in [6.07, 6.45) is 0.159. The van der Waals surface area contributed by atoms with Crippen LogP contribution in [0.2, 0.25) is 0 Å². The number of hydrogen-bond donors (Lipinski definition) is 0. The van der Waals surface area contributed by atoms with Crippen molar-refractivity contribution >= 4 is 40.8 Å². The highest BCUT2D eigenvalue weighted by Gasteiger charge is 2.36. The van der Waals surface area contributed by atoms with Crippen LogP contribution in [0, 0.1) is 5.82 Å². The van der Waals surface area contributed by atoms with Crippen molar-refractivity contribution in [2.75, 3.05) is 56.7 Å². The number of methoxy groups -OCH3 is 1. The summed E-state index contributed by atoms with van der Waals surface area (Å²) >= 11 is 5.07. The zero-order valence-corrected chi connectivity index (χ0v) is 18.9. The third-order valence-corrected chi connectivity index (χ3v) is 6.05. The fraction of sp³-hybridized carbons (Fsp3) is 0.474. The van der Waals surface area contributed by atoms with E-state index in [0.29, 0.717) is 37.6 Å². The number of nitrogens with zero attached hydrogens (tertiary/aromatic N) is 8. The van der Waals surface area contributed by atoms with Gasteiger partial charge >= 0.3 is 6.09 Å². The van der Waals surface area contributed by atoms with Crippen molar-refractivity contribution in [1.82, 2.24) is 30.0 Å². The van der Waals surface area contributed by atoms with Crippen LogP contribution in [0.4, 0.5) is 20.6 Å². The molecule has 1 aromatic carbocycles. The van der Waals surface area contributed by atoms with Gasteiger partial charge in [0.25, 0.3) is 5.17 Å². The lowest BCUT2D eigenvalue weighted by atomic mass is 10.2. The summed E-state index contributed by atoms with van der Waals surface area (Å²) < 4.78 is 26.7. The molecule has 14 heteroatoms. The molecule has 3 heterocycles. The smallest absolute Gasteiger partial charge is 0.416 e. The molecule has 0 bridgehead atoms. The fourth-order valence-corrected chi connectivity index (χ4v) is 3.85. The summed E-state index contributed by atoms with van der Waals surface area (Å²) in [7, 11) is 3.09. The molecule has 1 atom stereocenters. The van der Waals surface area contributed by atoms with Gasteiger partial charge in [0.05, 0.1) is 25.0 Å². The predicted molar refractivity (Wildman–Crippen MR) is 118 cm³/mol. The average Bonchev–Trinajstić information content (AvgIpc) is 3.47. The van der Waals surface area contributed by atoms with E-state index in [1.807, 2.05) is 4.90 Å². The van der Waals surface area contributed by atoms with E-state index in [1.54, 1.807) is 24.1 Å². The van der Waals surface area contributed by atoms with Crippen LogP contribution >= 0.6 is 12.2 Å². The van der Waals surface area contributed by atoms with Gasteiger partial charge in [-0.1, -0.05) is 0 Å². The van der Waals surface area contributed by atoms with Crippen molar-refractivity contribution in [1.29, 1.82) is 0 Å². The first-order valence-electron chi connectivity index (χ1n) is 10.2. The number of anilines is 2. The Hall–Kier alpha value is -3.55. The molecule has 33 heavy (non-hydrogen) atoms. The van der Waals surface area contributed by atoms with Gasteiger partial charge in [0.1, 0.15) is 18.7 Å². The van der Waals surface area contributed by atoms with E-state index in [-0.39, 0.29) is 24.2 Å². The lowest BCUT2D eigenvalue weighted by molar-refractivity contribution is -0.132. The van der Waals surface area contributed by atoms with Gasteiger partial charge in [-0.25, -0.2) is 13.9 Å². The van der Waals surface area contributed by atoms with Gasteiger partial charge in [-0.05, 0) is 40.8 Å². The van der Waals surface area contributed by atoms with Crippen molar-refractivity contribution in [2.24, 2.45) is 0 Å². The van der Waals surface area contributed by atoms with Crippen molar-refractivity contribution in [3.63, 3.8) is 0 Å². The topological polar surface area (TPSA) is 109 Å². The van der Waals surface area contributed by atoms with Crippen LogP contribution in [0.15, 0.2) is 24.5 Å². The van der Waals surface area contributed by atoms with Crippen molar-refractivity contribution < 1.29 is 23.5 Å². The molecule has 176 valence electrons. The largest absolute Gasteiger partial charge is 0.474 e. The van der Waals surface area contributed by atoms with Gasteiger partial charge in [-0.3, -0.25) is 14.6 Å². The van der Waals surface area contributed by atoms with E-state index in [9.17, 15) is 14.0 Å². The van der Waals surface area contributed by atoms with Gasteiger partial charge in [0.15, 0.2) is 6.23 Å². The highest BCUT2D eigenvalue weighted by Crippen LogP contribution is 2.29. The lowest BCUT2D eigenvalue weighted by Crippen LogP contribution is -2.49. The third kappa shape index (κ3) is 4.79. The van der Waals surface area contributed by atoms with Crippen molar-refractivity contribution in [2.45, 2.75) is 12.8 Å². The molecule has 0 spiro atoms. The summed E-state index contributed by atoms with van der Waals surface area (Å²) in [5.74, 6) is -0.559. The Morgan fingerprint density at radius 1 is 1.33 bits per heavy atom. The molecule has 0 unspecified atom stereocenters. The summed E-state index contributed by atoms with van der Waals surface area (Å²) in [4.78, 5) is 31.1. The minimum Gasteiger partial charge on any atom is -0.474 e. The molecule has 0 N–H and O–H groups in total. The summed E-state index contributed by atoms with van der Waals surface area (Å²) in [5, 5.41) is 10.9. The Kier molecular flexibility index (Phi) is 6.53. The van der Waals surface area contributed by atoms with E-state index in [2.05, 4.69) is 15.5 Å². The van der Waals surface area contributed by atoms with E-state index in [0.717, 1.165) is 0 Å². The number of piperazine rings is 1. The summed E-state index contributed by atoms with van der Waals surface area (Å²) in [6, 6.07) is 4.61. The SMILES string of the molecule is COC(=S)N(C)[C@@H]1CN(c2ccc(N3CCN(C(=O)Cn4cnnn4)CC3)c(F)c2)C(=O)O1. The third-order valence-electron chi connectivity index (χ3n) is 5.60. The van der Waals surface area contributed by atoms with Crippen LogP contribution in [0.1, 0.15) is 0 Å². The van der Waals surface area contributed by atoms with E-state index >= 15 is 0 Å². The number of ether oxygens (including phenoxy) is 2. The molecule has 2 saturated heterocycles. The maximum absolute atomic E-state index is 15.0. The first-order valence-corrected chi connectivity index (χ1v) is 10.6. The molecule has 4 rings (SSSR count). The quantitative estimate of drug-likeness (QED) is 0.557. The number of hydrogen-bond acceptors (Lipinski definition) is 9. The molecule has 2 aromatic rings. The Balaban J connectivity index is 1.37. The molecule has 2 aliphatic heterocycles. The van der Waals surface area contributed by atoms with E-state index < -0.39 is 18.1 Å². The molecule has 2 amide bonds. The first-order chi connectivity index (χ1) is 15.9.